The second kappa shape index (κ2) is 10.5. The number of nitrogens with zero attached hydrogens (tertiary/aromatic N) is 1. The summed E-state index contributed by atoms with van der Waals surface area (Å²) in [6.45, 7) is 3.47. The van der Waals surface area contributed by atoms with Gasteiger partial charge in [0.15, 0.2) is 11.5 Å². The molecule has 0 aliphatic carbocycles. The van der Waals surface area contributed by atoms with Crippen molar-refractivity contribution in [2.24, 2.45) is 4.99 Å². The number of rotatable bonds is 8. The highest BCUT2D eigenvalue weighted by Gasteiger charge is 2.23. The molecule has 0 aromatic heterocycles. The minimum Gasteiger partial charge on any atom is -0.493 e. The summed E-state index contributed by atoms with van der Waals surface area (Å²) < 4.78 is 12.1. The molecule has 3 aromatic rings. The topological polar surface area (TPSA) is 30.8 Å². The predicted molar refractivity (Wildman–Crippen MR) is 133 cm³/mol. The van der Waals surface area contributed by atoms with Gasteiger partial charge in [-0.15, -0.1) is 0 Å². The van der Waals surface area contributed by atoms with E-state index in [-0.39, 0.29) is 0 Å². The smallest absolute Gasteiger partial charge is 0.165 e. The predicted octanol–water partition coefficient (Wildman–Crippen LogP) is 6.94. The van der Waals surface area contributed by atoms with Crippen LogP contribution in [0.4, 0.5) is 0 Å². The molecule has 1 heterocycles. The number of hydrogen-bond acceptors (Lipinski definition) is 3. The molecule has 3 nitrogen and oxygen atoms in total. The van der Waals surface area contributed by atoms with Crippen molar-refractivity contribution >= 4 is 23.4 Å². The van der Waals surface area contributed by atoms with Crippen LogP contribution in [-0.2, 0) is 19.4 Å². The van der Waals surface area contributed by atoms with E-state index in [0.29, 0.717) is 6.61 Å². The maximum absolute atomic E-state index is 6.34. The molecule has 4 rings (SSSR count). The largest absolute Gasteiger partial charge is 0.493 e. The minimum absolute atomic E-state index is 0.514. The van der Waals surface area contributed by atoms with E-state index >= 15 is 0 Å². The second-order valence-electron chi connectivity index (χ2n) is 7.81. The van der Waals surface area contributed by atoms with Crippen LogP contribution in [0.1, 0.15) is 41.2 Å². The zero-order valence-electron chi connectivity index (χ0n) is 18.6. The Morgan fingerprint density at radius 3 is 2.56 bits per heavy atom. The molecule has 0 radical (unpaired) electrons. The van der Waals surface area contributed by atoms with Crippen LogP contribution < -0.4 is 9.47 Å². The van der Waals surface area contributed by atoms with Crippen LogP contribution in [0.5, 0.6) is 11.5 Å². The van der Waals surface area contributed by atoms with Crippen molar-refractivity contribution < 1.29 is 9.47 Å². The Labute approximate surface area is 195 Å². The molecule has 0 saturated heterocycles. The van der Waals surface area contributed by atoms with Crippen molar-refractivity contribution in [3.8, 4) is 11.5 Å². The Kier molecular flexibility index (Phi) is 7.28. The first-order valence-electron chi connectivity index (χ1n) is 11.1. The van der Waals surface area contributed by atoms with E-state index in [2.05, 4.69) is 31.2 Å². The lowest BCUT2D eigenvalue weighted by Gasteiger charge is -2.24. The van der Waals surface area contributed by atoms with Crippen molar-refractivity contribution in [3.05, 3.63) is 99.6 Å². The monoisotopic (exact) mass is 445 g/mol. The quantitative estimate of drug-likeness (QED) is 0.376. The Morgan fingerprint density at radius 1 is 1.03 bits per heavy atom. The molecule has 3 aromatic carbocycles. The molecule has 1 aliphatic heterocycles. The fraction of sp³-hybridized carbons (Fsp3) is 0.250. The second-order valence-corrected chi connectivity index (χ2v) is 8.22. The van der Waals surface area contributed by atoms with Crippen molar-refractivity contribution in [3.63, 3.8) is 0 Å². The molecule has 0 spiro atoms. The molecule has 4 heteroatoms. The number of ether oxygens (including phenoxy) is 2. The molecule has 0 bridgehead atoms. The van der Waals surface area contributed by atoms with Crippen molar-refractivity contribution in [1.82, 2.24) is 0 Å². The van der Waals surface area contributed by atoms with E-state index in [1.807, 2.05) is 48.5 Å². The molecule has 0 saturated carbocycles. The highest BCUT2D eigenvalue weighted by Crippen LogP contribution is 2.39. The number of hydrogen-bond donors (Lipinski definition) is 0. The minimum atomic E-state index is 0.514. The maximum Gasteiger partial charge on any atom is 0.165 e. The standard InChI is InChI=1S/C28H28ClNO2/c1-3-9-23-22-16-17-30-26(15-14-21-12-7-8-13-25(21)29)24(22)18-27(31-2)28(23)32-19-20-10-5-4-6-11-20/h4-8,10-15,18H,3,9,16-17,19H2,1-2H3. The van der Waals surface area contributed by atoms with Crippen LogP contribution in [0, 0.1) is 0 Å². The van der Waals surface area contributed by atoms with Crippen LogP contribution in [0.25, 0.3) is 6.08 Å². The number of benzene rings is 3. The first-order valence-corrected chi connectivity index (χ1v) is 11.5. The van der Waals surface area contributed by atoms with Crippen molar-refractivity contribution in [1.29, 1.82) is 0 Å². The number of halogens is 1. The van der Waals surface area contributed by atoms with Gasteiger partial charge in [0.2, 0.25) is 0 Å². The van der Waals surface area contributed by atoms with Crippen LogP contribution in [0.3, 0.4) is 0 Å². The zero-order chi connectivity index (χ0) is 22.3. The van der Waals surface area contributed by atoms with Gasteiger partial charge in [0.05, 0.1) is 12.8 Å². The molecule has 32 heavy (non-hydrogen) atoms. The van der Waals surface area contributed by atoms with Gasteiger partial charge in [0, 0.05) is 22.7 Å². The van der Waals surface area contributed by atoms with Crippen molar-refractivity contribution in [2.75, 3.05) is 13.7 Å². The average Bonchev–Trinajstić information content (AvgIpc) is 2.83. The summed E-state index contributed by atoms with van der Waals surface area (Å²) in [4.78, 5) is 4.81. The average molecular weight is 446 g/mol. The summed E-state index contributed by atoms with van der Waals surface area (Å²) in [7, 11) is 1.70. The number of aliphatic imine (C=N–C) groups is 1. The van der Waals surface area contributed by atoms with E-state index in [0.717, 1.165) is 64.7 Å². The zero-order valence-corrected chi connectivity index (χ0v) is 19.4. The van der Waals surface area contributed by atoms with E-state index in [9.17, 15) is 0 Å². The Balaban J connectivity index is 1.71. The fourth-order valence-electron chi connectivity index (χ4n) is 4.09. The number of fused-ring (bicyclic) bond motifs is 1. The summed E-state index contributed by atoms with van der Waals surface area (Å²) in [5.41, 5.74) is 6.73. The molecule has 1 aliphatic rings. The van der Waals surface area contributed by atoms with Gasteiger partial charge < -0.3 is 9.47 Å². The Hall–Kier alpha value is -3.04. The van der Waals surface area contributed by atoms with E-state index in [1.54, 1.807) is 7.11 Å². The molecule has 0 N–H and O–H groups in total. The van der Waals surface area contributed by atoms with Gasteiger partial charge in [0.25, 0.3) is 0 Å². The molecule has 0 atom stereocenters. The van der Waals surface area contributed by atoms with Gasteiger partial charge in [-0.1, -0.05) is 79.6 Å². The molecular weight excluding hydrogens is 418 g/mol. The molecule has 164 valence electrons. The number of methoxy groups -OCH3 is 1. The van der Waals surface area contributed by atoms with Gasteiger partial charge in [-0.3, -0.25) is 4.99 Å². The van der Waals surface area contributed by atoms with Crippen LogP contribution in [0.15, 0.2) is 71.7 Å². The summed E-state index contributed by atoms with van der Waals surface area (Å²) in [5, 5.41) is 0.731. The van der Waals surface area contributed by atoms with E-state index < -0.39 is 0 Å². The van der Waals surface area contributed by atoms with E-state index in [4.69, 9.17) is 26.1 Å². The summed E-state index contributed by atoms with van der Waals surface area (Å²) in [5.74, 6) is 1.61. The van der Waals surface area contributed by atoms with Gasteiger partial charge in [-0.2, -0.15) is 0 Å². The first-order chi connectivity index (χ1) is 15.7. The molecule has 0 amide bonds. The first kappa shape index (κ1) is 22.2. The third kappa shape index (κ3) is 4.89. The van der Waals surface area contributed by atoms with Crippen molar-refractivity contribution in [2.45, 2.75) is 32.8 Å². The van der Waals surface area contributed by atoms with Crippen LogP contribution >= 0.6 is 11.6 Å². The van der Waals surface area contributed by atoms with Crippen LogP contribution in [0.2, 0.25) is 5.02 Å². The summed E-state index contributed by atoms with van der Waals surface area (Å²) >= 11 is 6.33. The molecule has 0 unspecified atom stereocenters. The maximum atomic E-state index is 6.34. The highest BCUT2D eigenvalue weighted by atomic mass is 35.5. The molecular formula is C28H28ClNO2. The Bertz CT molecular complexity index is 1140. The molecule has 0 fully saturated rings. The van der Waals surface area contributed by atoms with Gasteiger partial charge in [0.1, 0.15) is 6.61 Å². The lowest BCUT2D eigenvalue weighted by Crippen LogP contribution is -2.15. The van der Waals surface area contributed by atoms with Gasteiger partial charge in [-0.05, 0) is 47.7 Å². The number of allylic oxidation sites excluding steroid dienone is 1. The highest BCUT2D eigenvalue weighted by molar-refractivity contribution is 6.32. The fourth-order valence-corrected chi connectivity index (χ4v) is 4.29. The lowest BCUT2D eigenvalue weighted by atomic mass is 9.89. The lowest BCUT2D eigenvalue weighted by molar-refractivity contribution is 0.280. The summed E-state index contributed by atoms with van der Waals surface area (Å²) in [6.07, 6.45) is 6.95. The van der Waals surface area contributed by atoms with Gasteiger partial charge in [-0.25, -0.2) is 0 Å². The SMILES string of the molecule is CCCc1c2c(cc(OC)c1OCc1ccccc1)C(C=Cc1ccccc1Cl)=NCC2. The third-order valence-electron chi connectivity index (χ3n) is 5.65. The van der Waals surface area contributed by atoms with Gasteiger partial charge >= 0.3 is 0 Å². The normalized spacial score (nSPS) is 13.0. The third-order valence-corrected chi connectivity index (χ3v) is 6.00. The summed E-state index contributed by atoms with van der Waals surface area (Å²) in [6, 6.07) is 20.1. The van der Waals surface area contributed by atoms with E-state index in [1.165, 1.54) is 11.1 Å². The Morgan fingerprint density at radius 2 is 1.81 bits per heavy atom. The van der Waals surface area contributed by atoms with Crippen LogP contribution in [-0.4, -0.2) is 19.4 Å².